The highest BCUT2D eigenvalue weighted by Crippen LogP contribution is 2.12. The van der Waals surface area contributed by atoms with Gasteiger partial charge in [0, 0.05) is 10.9 Å². The minimum Gasteiger partial charge on any atom is -0.480 e. The van der Waals surface area contributed by atoms with Crippen LogP contribution in [-0.4, -0.2) is 23.0 Å². The molecule has 0 aromatic heterocycles. The third-order valence-electron chi connectivity index (χ3n) is 2.28. The van der Waals surface area contributed by atoms with E-state index in [4.69, 9.17) is 5.11 Å². The van der Waals surface area contributed by atoms with Crippen molar-refractivity contribution in [1.29, 1.82) is 0 Å². The molecule has 0 bridgehead atoms. The molecule has 1 amide bonds. The van der Waals surface area contributed by atoms with Crippen molar-refractivity contribution in [1.82, 2.24) is 5.32 Å². The summed E-state index contributed by atoms with van der Waals surface area (Å²) in [4.78, 5) is 22.0. The van der Waals surface area contributed by atoms with Crippen molar-refractivity contribution in [3.05, 3.63) is 34.3 Å². The quantitative estimate of drug-likeness (QED) is 0.873. The van der Waals surface area contributed by atoms with Crippen LogP contribution in [0.2, 0.25) is 0 Å². The number of carboxylic acids is 1. The Hall–Kier alpha value is -1.36. The number of rotatable bonds is 5. The Kier molecular flexibility index (Phi) is 5.15. The molecule has 2 N–H and O–H groups in total. The minimum absolute atomic E-state index is 0.250. The maximum Gasteiger partial charge on any atom is 0.325 e. The van der Waals surface area contributed by atoms with Crippen LogP contribution in [0.25, 0.3) is 0 Å². The Morgan fingerprint density at radius 3 is 2.76 bits per heavy atom. The molecule has 0 heterocycles. The summed E-state index contributed by atoms with van der Waals surface area (Å²) in [5.41, 5.74) is 1.04. The molecule has 0 fully saturated rings. The van der Waals surface area contributed by atoms with Crippen molar-refractivity contribution in [3.8, 4) is 0 Å². The van der Waals surface area contributed by atoms with Crippen molar-refractivity contribution in [2.45, 2.75) is 25.8 Å². The summed E-state index contributed by atoms with van der Waals surface area (Å²) in [7, 11) is 0. The SMILES string of the molecule is C[C@H](NC(=O)CCc1cccc(Br)c1)C(=O)O. The molecule has 0 aliphatic rings. The Morgan fingerprint density at radius 1 is 1.47 bits per heavy atom. The molecule has 92 valence electrons. The molecule has 0 unspecified atom stereocenters. The largest absolute Gasteiger partial charge is 0.480 e. The van der Waals surface area contributed by atoms with Crippen LogP contribution in [0.5, 0.6) is 0 Å². The molecule has 0 saturated carbocycles. The second kappa shape index (κ2) is 6.39. The van der Waals surface area contributed by atoms with Gasteiger partial charge in [0.1, 0.15) is 6.04 Å². The van der Waals surface area contributed by atoms with Gasteiger partial charge in [-0.2, -0.15) is 0 Å². The van der Waals surface area contributed by atoms with Gasteiger partial charge in [-0.05, 0) is 31.0 Å². The van der Waals surface area contributed by atoms with Gasteiger partial charge in [-0.15, -0.1) is 0 Å². The Morgan fingerprint density at radius 2 is 2.18 bits per heavy atom. The van der Waals surface area contributed by atoms with Gasteiger partial charge >= 0.3 is 5.97 Å². The van der Waals surface area contributed by atoms with E-state index >= 15 is 0 Å². The molecule has 17 heavy (non-hydrogen) atoms. The lowest BCUT2D eigenvalue weighted by Crippen LogP contribution is -2.38. The van der Waals surface area contributed by atoms with E-state index in [-0.39, 0.29) is 12.3 Å². The zero-order valence-corrected chi connectivity index (χ0v) is 11.0. The number of halogens is 1. The maximum absolute atomic E-state index is 11.4. The number of amides is 1. The second-order valence-corrected chi connectivity index (χ2v) is 4.67. The van der Waals surface area contributed by atoms with Crippen molar-refractivity contribution in [3.63, 3.8) is 0 Å². The average Bonchev–Trinajstić information content (AvgIpc) is 2.26. The molecule has 1 rings (SSSR count). The molecular weight excluding hydrogens is 286 g/mol. The Labute approximate surface area is 108 Å². The molecule has 1 atom stereocenters. The van der Waals surface area contributed by atoms with Gasteiger partial charge in [-0.3, -0.25) is 9.59 Å². The van der Waals surface area contributed by atoms with E-state index in [2.05, 4.69) is 21.2 Å². The van der Waals surface area contributed by atoms with E-state index in [0.29, 0.717) is 6.42 Å². The van der Waals surface area contributed by atoms with Crippen LogP contribution >= 0.6 is 15.9 Å². The molecule has 0 radical (unpaired) electrons. The first-order valence-corrected chi connectivity index (χ1v) is 6.05. The van der Waals surface area contributed by atoms with E-state index in [0.717, 1.165) is 10.0 Å². The monoisotopic (exact) mass is 299 g/mol. The Balaban J connectivity index is 2.41. The summed E-state index contributed by atoms with van der Waals surface area (Å²) in [6.45, 7) is 1.44. The van der Waals surface area contributed by atoms with E-state index in [1.807, 2.05) is 24.3 Å². The van der Waals surface area contributed by atoms with Crippen LogP contribution in [0.1, 0.15) is 18.9 Å². The standard InChI is InChI=1S/C12H14BrNO3/c1-8(12(16)17)14-11(15)6-5-9-3-2-4-10(13)7-9/h2-4,7-8H,5-6H2,1H3,(H,14,15)(H,16,17)/t8-/m0/s1. The molecule has 1 aromatic carbocycles. The number of aliphatic carboxylic acids is 1. The van der Waals surface area contributed by atoms with Gasteiger partial charge in [0.25, 0.3) is 0 Å². The fourth-order valence-corrected chi connectivity index (χ4v) is 1.77. The van der Waals surface area contributed by atoms with Crippen molar-refractivity contribution in [2.24, 2.45) is 0 Å². The van der Waals surface area contributed by atoms with E-state index in [1.54, 1.807) is 0 Å². The Bertz CT molecular complexity index is 420. The van der Waals surface area contributed by atoms with Crippen molar-refractivity contribution < 1.29 is 14.7 Å². The molecule has 5 heteroatoms. The number of hydrogen-bond acceptors (Lipinski definition) is 2. The molecule has 1 aromatic rings. The number of benzene rings is 1. The minimum atomic E-state index is -1.03. The summed E-state index contributed by atoms with van der Waals surface area (Å²) >= 11 is 3.35. The molecule has 0 saturated heterocycles. The van der Waals surface area contributed by atoms with E-state index in [1.165, 1.54) is 6.92 Å². The summed E-state index contributed by atoms with van der Waals surface area (Å²) in [6.07, 6.45) is 0.881. The van der Waals surface area contributed by atoms with Crippen molar-refractivity contribution in [2.75, 3.05) is 0 Å². The normalized spacial score (nSPS) is 11.9. The molecule has 0 aliphatic heterocycles. The number of nitrogens with one attached hydrogen (secondary N) is 1. The molecule has 0 spiro atoms. The number of hydrogen-bond donors (Lipinski definition) is 2. The summed E-state index contributed by atoms with van der Waals surface area (Å²) in [5, 5.41) is 11.0. The highest BCUT2D eigenvalue weighted by Gasteiger charge is 2.13. The maximum atomic E-state index is 11.4. The predicted octanol–water partition coefficient (Wildman–Crippen LogP) is 1.97. The van der Waals surface area contributed by atoms with Gasteiger partial charge in [-0.1, -0.05) is 28.1 Å². The van der Waals surface area contributed by atoms with Crippen LogP contribution in [-0.2, 0) is 16.0 Å². The summed E-state index contributed by atoms with van der Waals surface area (Å²) in [6, 6.07) is 6.84. The smallest absolute Gasteiger partial charge is 0.325 e. The first-order chi connectivity index (χ1) is 7.99. The number of carbonyl (C=O) groups is 2. The van der Waals surface area contributed by atoms with Crippen LogP contribution in [0.15, 0.2) is 28.7 Å². The van der Waals surface area contributed by atoms with Crippen LogP contribution in [0.4, 0.5) is 0 Å². The van der Waals surface area contributed by atoms with Gasteiger partial charge in [0.2, 0.25) is 5.91 Å². The first-order valence-electron chi connectivity index (χ1n) is 5.25. The molecular formula is C12H14BrNO3. The fraction of sp³-hybridized carbons (Fsp3) is 0.333. The lowest BCUT2D eigenvalue weighted by Gasteiger charge is -2.09. The number of carboxylic acid groups (broad SMARTS) is 1. The topological polar surface area (TPSA) is 66.4 Å². The molecule has 0 aliphatic carbocycles. The van der Waals surface area contributed by atoms with Crippen LogP contribution in [0.3, 0.4) is 0 Å². The fourth-order valence-electron chi connectivity index (χ4n) is 1.33. The second-order valence-electron chi connectivity index (χ2n) is 3.76. The number of aryl methyl sites for hydroxylation is 1. The van der Waals surface area contributed by atoms with Gasteiger partial charge in [-0.25, -0.2) is 0 Å². The van der Waals surface area contributed by atoms with Gasteiger partial charge in [0.05, 0.1) is 0 Å². The third-order valence-corrected chi connectivity index (χ3v) is 2.77. The van der Waals surface area contributed by atoms with Crippen LogP contribution in [0, 0.1) is 0 Å². The highest BCUT2D eigenvalue weighted by atomic mass is 79.9. The predicted molar refractivity (Wildman–Crippen MR) is 67.7 cm³/mol. The van der Waals surface area contributed by atoms with Gasteiger partial charge in [0.15, 0.2) is 0 Å². The lowest BCUT2D eigenvalue weighted by atomic mass is 10.1. The average molecular weight is 300 g/mol. The zero-order chi connectivity index (χ0) is 12.8. The van der Waals surface area contributed by atoms with Gasteiger partial charge < -0.3 is 10.4 Å². The lowest BCUT2D eigenvalue weighted by molar-refractivity contribution is -0.141. The van der Waals surface area contributed by atoms with Crippen molar-refractivity contribution >= 4 is 27.8 Å². The van der Waals surface area contributed by atoms with E-state index < -0.39 is 12.0 Å². The first kappa shape index (κ1) is 13.7. The summed E-state index contributed by atoms with van der Waals surface area (Å²) < 4.78 is 0.967. The van der Waals surface area contributed by atoms with E-state index in [9.17, 15) is 9.59 Å². The molecule has 4 nitrogen and oxygen atoms in total. The highest BCUT2D eigenvalue weighted by molar-refractivity contribution is 9.10. The third kappa shape index (κ3) is 4.99. The summed E-state index contributed by atoms with van der Waals surface area (Å²) in [5.74, 6) is -1.28. The zero-order valence-electron chi connectivity index (χ0n) is 9.44. The van der Waals surface area contributed by atoms with Crippen LogP contribution < -0.4 is 5.32 Å². The number of carbonyl (C=O) groups excluding carboxylic acids is 1.